The van der Waals surface area contributed by atoms with E-state index in [1.165, 1.54) is 11.1 Å². The molecule has 2 aromatic rings. The van der Waals surface area contributed by atoms with Gasteiger partial charge in [-0.15, -0.1) is 0 Å². The predicted octanol–water partition coefficient (Wildman–Crippen LogP) is 3.82. The Labute approximate surface area is 145 Å². The van der Waals surface area contributed by atoms with Crippen molar-refractivity contribution in [3.05, 3.63) is 65.7 Å². The zero-order chi connectivity index (χ0) is 17.0. The minimum absolute atomic E-state index is 0.180. The molecule has 1 aliphatic heterocycles. The van der Waals surface area contributed by atoms with Gasteiger partial charge in [0, 0.05) is 25.7 Å². The highest BCUT2D eigenvalue weighted by atomic mass is 16.5. The Kier molecular flexibility index (Phi) is 5.22. The van der Waals surface area contributed by atoms with Crippen molar-refractivity contribution < 1.29 is 4.74 Å². The van der Waals surface area contributed by atoms with Crippen molar-refractivity contribution in [2.75, 3.05) is 13.1 Å². The summed E-state index contributed by atoms with van der Waals surface area (Å²) in [7, 11) is 0. The summed E-state index contributed by atoms with van der Waals surface area (Å²) < 4.78 is 5.94. The van der Waals surface area contributed by atoms with E-state index in [2.05, 4.69) is 49.1 Å². The van der Waals surface area contributed by atoms with Gasteiger partial charge in [-0.05, 0) is 35.1 Å². The summed E-state index contributed by atoms with van der Waals surface area (Å²) in [6, 6.07) is 19.0. The monoisotopic (exact) mass is 324 g/mol. The topological polar surface area (TPSA) is 38.5 Å². The van der Waals surface area contributed by atoms with E-state index in [1.807, 2.05) is 24.3 Å². The van der Waals surface area contributed by atoms with E-state index in [0.717, 1.165) is 31.8 Å². The molecule has 0 aliphatic carbocycles. The van der Waals surface area contributed by atoms with Crippen molar-refractivity contribution in [3.63, 3.8) is 0 Å². The standard InChI is InChI=1S/C21H28N2O/c1-21(2)16-23(12-11-20(21)22)14-18-9-6-10-19(13-18)24-15-17-7-4-3-5-8-17/h3-10,13,20H,11-12,14-16,22H2,1-2H3. The molecule has 24 heavy (non-hydrogen) atoms. The Morgan fingerprint density at radius 1 is 1.08 bits per heavy atom. The summed E-state index contributed by atoms with van der Waals surface area (Å²) in [5.74, 6) is 0.935. The number of hydrogen-bond donors (Lipinski definition) is 1. The van der Waals surface area contributed by atoms with Gasteiger partial charge in [0.05, 0.1) is 0 Å². The molecule has 3 heteroatoms. The fourth-order valence-corrected chi connectivity index (χ4v) is 3.35. The lowest BCUT2D eigenvalue weighted by atomic mass is 9.79. The lowest BCUT2D eigenvalue weighted by Gasteiger charge is -2.42. The normalized spacial score (nSPS) is 20.7. The number of piperidine rings is 1. The van der Waals surface area contributed by atoms with Crippen LogP contribution in [0, 0.1) is 5.41 Å². The van der Waals surface area contributed by atoms with Crippen LogP contribution in [0.3, 0.4) is 0 Å². The summed E-state index contributed by atoms with van der Waals surface area (Å²) in [6.07, 6.45) is 1.07. The maximum Gasteiger partial charge on any atom is 0.120 e. The molecule has 3 nitrogen and oxygen atoms in total. The zero-order valence-electron chi connectivity index (χ0n) is 14.7. The minimum atomic E-state index is 0.180. The third-order valence-corrected chi connectivity index (χ3v) is 4.94. The van der Waals surface area contributed by atoms with Gasteiger partial charge in [-0.2, -0.15) is 0 Å². The van der Waals surface area contributed by atoms with Crippen LogP contribution in [0.15, 0.2) is 54.6 Å². The van der Waals surface area contributed by atoms with E-state index in [4.69, 9.17) is 10.5 Å². The van der Waals surface area contributed by atoms with Crippen LogP contribution in [-0.4, -0.2) is 24.0 Å². The molecule has 0 spiro atoms. The zero-order valence-corrected chi connectivity index (χ0v) is 14.7. The summed E-state index contributed by atoms with van der Waals surface area (Å²) in [5.41, 5.74) is 8.91. The summed E-state index contributed by atoms with van der Waals surface area (Å²) in [4.78, 5) is 2.50. The Hall–Kier alpha value is -1.84. The molecule has 0 aromatic heterocycles. The van der Waals surface area contributed by atoms with Gasteiger partial charge < -0.3 is 10.5 Å². The fourth-order valence-electron chi connectivity index (χ4n) is 3.35. The molecule has 1 saturated heterocycles. The maximum atomic E-state index is 6.24. The van der Waals surface area contributed by atoms with E-state index in [1.54, 1.807) is 0 Å². The predicted molar refractivity (Wildman–Crippen MR) is 98.9 cm³/mol. The van der Waals surface area contributed by atoms with Crippen molar-refractivity contribution in [1.29, 1.82) is 0 Å². The molecule has 2 N–H and O–H groups in total. The molecule has 1 unspecified atom stereocenters. The lowest BCUT2D eigenvalue weighted by molar-refractivity contribution is 0.0898. The number of nitrogens with zero attached hydrogens (tertiary/aromatic N) is 1. The highest BCUT2D eigenvalue weighted by molar-refractivity contribution is 5.29. The van der Waals surface area contributed by atoms with Crippen LogP contribution in [0.5, 0.6) is 5.75 Å². The maximum absolute atomic E-state index is 6.24. The molecule has 0 radical (unpaired) electrons. The third-order valence-electron chi connectivity index (χ3n) is 4.94. The number of nitrogens with two attached hydrogens (primary N) is 1. The Morgan fingerprint density at radius 3 is 2.58 bits per heavy atom. The van der Waals surface area contributed by atoms with Gasteiger partial charge in [-0.1, -0.05) is 56.3 Å². The largest absolute Gasteiger partial charge is 0.489 e. The van der Waals surface area contributed by atoms with Crippen molar-refractivity contribution in [2.45, 2.75) is 39.5 Å². The number of likely N-dealkylation sites (tertiary alicyclic amines) is 1. The molecule has 2 aromatic carbocycles. The van der Waals surface area contributed by atoms with E-state index >= 15 is 0 Å². The minimum Gasteiger partial charge on any atom is -0.489 e. The van der Waals surface area contributed by atoms with Crippen molar-refractivity contribution in [1.82, 2.24) is 4.90 Å². The van der Waals surface area contributed by atoms with Crippen LogP contribution < -0.4 is 10.5 Å². The molecule has 1 heterocycles. The highest BCUT2D eigenvalue weighted by Crippen LogP contribution is 2.29. The number of ether oxygens (including phenoxy) is 1. The van der Waals surface area contributed by atoms with Crippen LogP contribution in [0.1, 0.15) is 31.4 Å². The molecule has 0 saturated carbocycles. The second-order valence-corrected chi connectivity index (χ2v) is 7.52. The SMILES string of the molecule is CC1(C)CN(Cc2cccc(OCc3ccccc3)c2)CCC1N. The van der Waals surface area contributed by atoms with Gasteiger partial charge in [-0.3, -0.25) is 4.90 Å². The Balaban J connectivity index is 1.59. The first-order valence-electron chi connectivity index (χ1n) is 8.76. The van der Waals surface area contributed by atoms with Crippen molar-refractivity contribution in [3.8, 4) is 5.75 Å². The smallest absolute Gasteiger partial charge is 0.120 e. The van der Waals surface area contributed by atoms with Crippen LogP contribution in [0.25, 0.3) is 0 Å². The first-order valence-corrected chi connectivity index (χ1v) is 8.76. The van der Waals surface area contributed by atoms with Crippen LogP contribution in [0.2, 0.25) is 0 Å². The molecule has 3 rings (SSSR count). The second-order valence-electron chi connectivity index (χ2n) is 7.52. The molecule has 1 atom stereocenters. The number of benzene rings is 2. The van der Waals surface area contributed by atoms with Gasteiger partial charge >= 0.3 is 0 Å². The van der Waals surface area contributed by atoms with E-state index in [-0.39, 0.29) is 5.41 Å². The van der Waals surface area contributed by atoms with Crippen LogP contribution in [0.4, 0.5) is 0 Å². The highest BCUT2D eigenvalue weighted by Gasteiger charge is 2.33. The summed E-state index contributed by atoms with van der Waals surface area (Å²) in [6.45, 7) is 8.21. The van der Waals surface area contributed by atoms with Gasteiger partial charge in [-0.25, -0.2) is 0 Å². The van der Waals surface area contributed by atoms with E-state index in [0.29, 0.717) is 12.6 Å². The summed E-state index contributed by atoms with van der Waals surface area (Å²) >= 11 is 0. The van der Waals surface area contributed by atoms with Crippen LogP contribution >= 0.6 is 0 Å². The average molecular weight is 324 g/mol. The third kappa shape index (κ3) is 4.37. The second kappa shape index (κ2) is 7.37. The van der Waals surface area contributed by atoms with Gasteiger partial charge in [0.25, 0.3) is 0 Å². The fraction of sp³-hybridized carbons (Fsp3) is 0.429. The average Bonchev–Trinajstić information content (AvgIpc) is 2.57. The van der Waals surface area contributed by atoms with Crippen LogP contribution in [-0.2, 0) is 13.2 Å². The van der Waals surface area contributed by atoms with Gasteiger partial charge in [0.1, 0.15) is 12.4 Å². The molecule has 0 amide bonds. The molecule has 128 valence electrons. The first-order chi connectivity index (χ1) is 11.5. The van der Waals surface area contributed by atoms with E-state index < -0.39 is 0 Å². The molecule has 0 bridgehead atoms. The first kappa shape index (κ1) is 17.0. The van der Waals surface area contributed by atoms with Crippen molar-refractivity contribution in [2.24, 2.45) is 11.1 Å². The van der Waals surface area contributed by atoms with Gasteiger partial charge in [0.15, 0.2) is 0 Å². The van der Waals surface area contributed by atoms with Gasteiger partial charge in [0.2, 0.25) is 0 Å². The molecular formula is C21H28N2O. The molecule has 1 fully saturated rings. The van der Waals surface area contributed by atoms with Crippen molar-refractivity contribution >= 4 is 0 Å². The lowest BCUT2D eigenvalue weighted by Crippen LogP contribution is -2.52. The Morgan fingerprint density at radius 2 is 1.83 bits per heavy atom. The number of hydrogen-bond acceptors (Lipinski definition) is 3. The number of rotatable bonds is 5. The summed E-state index contributed by atoms with van der Waals surface area (Å²) in [5, 5.41) is 0. The Bertz CT molecular complexity index is 654. The quantitative estimate of drug-likeness (QED) is 0.908. The van der Waals surface area contributed by atoms with E-state index in [9.17, 15) is 0 Å². The molecule has 1 aliphatic rings. The molecular weight excluding hydrogens is 296 g/mol.